The predicted molar refractivity (Wildman–Crippen MR) is 42.5 cm³/mol. The second-order valence-corrected chi connectivity index (χ2v) is 1.75. The van der Waals surface area contributed by atoms with Gasteiger partial charge in [0.25, 0.3) is 0 Å². The van der Waals surface area contributed by atoms with Crippen LogP contribution in [-0.2, 0) is 0 Å². The highest BCUT2D eigenvalue weighted by atomic mass is 32.1. The third-order valence-corrected chi connectivity index (χ3v) is 1.12. The van der Waals surface area contributed by atoms with Crippen molar-refractivity contribution in [2.24, 2.45) is 5.10 Å². The van der Waals surface area contributed by atoms with Crippen molar-refractivity contribution < 1.29 is 0 Å². The molecule has 1 heterocycles. The van der Waals surface area contributed by atoms with E-state index in [1.807, 2.05) is 18.2 Å². The Kier molecular flexibility index (Phi) is 2.15. The van der Waals surface area contributed by atoms with E-state index < -0.39 is 0 Å². The molecule has 46 valence electrons. The summed E-state index contributed by atoms with van der Waals surface area (Å²) in [5.41, 5.74) is 3.58. The highest BCUT2D eigenvalue weighted by Gasteiger charge is 1.85. The first-order valence-corrected chi connectivity index (χ1v) is 3.02. The maximum absolute atomic E-state index is 4.67. The molecule has 3 heteroatoms. The summed E-state index contributed by atoms with van der Waals surface area (Å²) in [4.78, 5) is 0. The van der Waals surface area contributed by atoms with E-state index in [2.05, 4.69) is 22.7 Å². The van der Waals surface area contributed by atoms with Gasteiger partial charge in [-0.05, 0) is 12.2 Å². The summed E-state index contributed by atoms with van der Waals surface area (Å²) in [5, 5.41) is 5.34. The van der Waals surface area contributed by atoms with Gasteiger partial charge in [0.1, 0.15) is 0 Å². The molecule has 1 N–H and O–H groups in total. The smallest absolute Gasteiger partial charge is 0.0669 e. The highest BCUT2D eigenvalue weighted by molar-refractivity contribution is 7.79. The van der Waals surface area contributed by atoms with E-state index in [9.17, 15) is 0 Å². The second kappa shape index (κ2) is 3.14. The number of hydrogen-bond donors (Lipinski definition) is 1. The lowest BCUT2D eigenvalue weighted by molar-refractivity contribution is 0.951. The molecule has 0 spiro atoms. The van der Waals surface area contributed by atoms with Crippen LogP contribution in [0.5, 0.6) is 0 Å². The zero-order valence-electron chi connectivity index (χ0n) is 4.74. The maximum atomic E-state index is 4.67. The first kappa shape index (κ1) is 6.16. The molecule has 0 saturated carbocycles. The number of hydrazone groups is 1. The monoisotopic (exact) mass is 138 g/mol. The van der Waals surface area contributed by atoms with Crippen LogP contribution in [0.15, 0.2) is 29.0 Å². The van der Waals surface area contributed by atoms with Gasteiger partial charge >= 0.3 is 0 Å². The average Bonchev–Trinajstić information content (AvgIpc) is 2.13. The van der Waals surface area contributed by atoms with Crippen molar-refractivity contribution in [1.82, 2.24) is 5.43 Å². The van der Waals surface area contributed by atoms with Gasteiger partial charge in [0.05, 0.1) is 5.70 Å². The van der Waals surface area contributed by atoms with Crippen molar-refractivity contribution in [3.8, 4) is 0 Å². The van der Waals surface area contributed by atoms with Gasteiger partial charge in [-0.2, -0.15) is 5.10 Å². The molecule has 0 radical (unpaired) electrons. The van der Waals surface area contributed by atoms with Crippen LogP contribution in [0.25, 0.3) is 0 Å². The van der Waals surface area contributed by atoms with E-state index in [-0.39, 0.29) is 0 Å². The minimum absolute atomic E-state index is 0.843. The summed E-state index contributed by atoms with van der Waals surface area (Å²) in [6, 6.07) is 0. The zero-order valence-corrected chi connectivity index (χ0v) is 5.56. The fraction of sp³-hybridized carbons (Fsp3) is 0. The molecule has 2 nitrogen and oxygen atoms in total. The number of nitrogens with one attached hydrogen (secondary N) is 1. The molecule has 1 aliphatic rings. The Morgan fingerprint density at radius 2 is 2.44 bits per heavy atom. The van der Waals surface area contributed by atoms with E-state index in [4.69, 9.17) is 0 Å². The standard InChI is InChI=1S/C6H6N2S/c9-5-6-3-1-2-4-7-8-6/h1-5,8H. The number of rotatable bonds is 1. The van der Waals surface area contributed by atoms with Crippen LogP contribution in [-0.4, -0.2) is 11.6 Å². The molecule has 0 aliphatic carbocycles. The molecule has 0 bridgehead atoms. The minimum Gasteiger partial charge on any atom is -0.278 e. The molecule has 0 aromatic heterocycles. The molecule has 1 rings (SSSR count). The van der Waals surface area contributed by atoms with E-state index in [0.717, 1.165) is 5.70 Å². The minimum atomic E-state index is 0.843. The Morgan fingerprint density at radius 1 is 1.56 bits per heavy atom. The van der Waals surface area contributed by atoms with E-state index in [1.165, 1.54) is 0 Å². The average molecular weight is 138 g/mol. The molecule has 0 aromatic carbocycles. The van der Waals surface area contributed by atoms with Crippen molar-refractivity contribution in [3.63, 3.8) is 0 Å². The van der Waals surface area contributed by atoms with E-state index >= 15 is 0 Å². The summed E-state index contributed by atoms with van der Waals surface area (Å²) in [5.74, 6) is 0. The van der Waals surface area contributed by atoms with Crippen LogP contribution in [0, 0.1) is 0 Å². The van der Waals surface area contributed by atoms with Crippen molar-refractivity contribution >= 4 is 23.8 Å². The van der Waals surface area contributed by atoms with E-state index in [1.54, 1.807) is 11.6 Å². The molecule has 9 heavy (non-hydrogen) atoms. The second-order valence-electron chi connectivity index (χ2n) is 1.51. The largest absolute Gasteiger partial charge is 0.278 e. The summed E-state index contributed by atoms with van der Waals surface area (Å²) >= 11 is 4.67. The molecule has 0 fully saturated rings. The third kappa shape index (κ3) is 1.77. The van der Waals surface area contributed by atoms with Crippen molar-refractivity contribution in [1.29, 1.82) is 0 Å². The predicted octanol–water partition coefficient (Wildman–Crippen LogP) is 1.02. The van der Waals surface area contributed by atoms with Crippen molar-refractivity contribution in [3.05, 3.63) is 23.9 Å². The number of allylic oxidation sites excluding steroid dienone is 4. The van der Waals surface area contributed by atoms with Crippen molar-refractivity contribution in [2.45, 2.75) is 0 Å². The Balaban J connectivity index is 2.73. The van der Waals surface area contributed by atoms with Gasteiger partial charge in [-0.1, -0.05) is 18.3 Å². The van der Waals surface area contributed by atoms with Crippen LogP contribution >= 0.6 is 12.2 Å². The number of hydrogen-bond acceptors (Lipinski definition) is 3. The molecular formula is C6H6N2S. The third-order valence-electron chi connectivity index (χ3n) is 0.868. The van der Waals surface area contributed by atoms with Gasteiger partial charge in [0, 0.05) is 11.6 Å². The summed E-state index contributed by atoms with van der Waals surface area (Å²) < 4.78 is 0. The lowest BCUT2D eigenvalue weighted by Gasteiger charge is -1.92. The fourth-order valence-corrected chi connectivity index (χ4v) is 0.598. The molecular weight excluding hydrogens is 132 g/mol. The molecule has 0 aromatic rings. The van der Waals surface area contributed by atoms with Gasteiger partial charge in [0.15, 0.2) is 0 Å². The molecule has 0 unspecified atom stereocenters. The fourth-order valence-electron chi connectivity index (χ4n) is 0.467. The van der Waals surface area contributed by atoms with Crippen LogP contribution in [0.2, 0.25) is 0 Å². The van der Waals surface area contributed by atoms with Crippen LogP contribution in [0.1, 0.15) is 0 Å². The van der Waals surface area contributed by atoms with Gasteiger partial charge in [-0.3, -0.25) is 5.43 Å². The van der Waals surface area contributed by atoms with Crippen LogP contribution < -0.4 is 5.43 Å². The Bertz CT molecular complexity index is 191. The van der Waals surface area contributed by atoms with E-state index in [0.29, 0.717) is 0 Å². The topological polar surface area (TPSA) is 24.4 Å². The summed E-state index contributed by atoms with van der Waals surface area (Å²) in [7, 11) is 0. The molecule has 0 saturated heterocycles. The summed E-state index contributed by atoms with van der Waals surface area (Å²) in [6.07, 6.45) is 7.24. The molecule has 0 amide bonds. The van der Waals surface area contributed by atoms with Gasteiger partial charge in [-0.25, -0.2) is 0 Å². The normalized spacial score (nSPS) is 15.8. The maximum Gasteiger partial charge on any atom is 0.0669 e. The lowest BCUT2D eigenvalue weighted by Crippen LogP contribution is -2.03. The van der Waals surface area contributed by atoms with Gasteiger partial charge in [-0.15, -0.1) is 0 Å². The first-order chi connectivity index (χ1) is 4.43. The van der Waals surface area contributed by atoms with Gasteiger partial charge < -0.3 is 0 Å². The highest BCUT2D eigenvalue weighted by Crippen LogP contribution is 1.88. The molecule has 1 aliphatic heterocycles. The first-order valence-electron chi connectivity index (χ1n) is 2.54. The SMILES string of the molecule is S=CC1=CC=CC=NN1. The quantitative estimate of drug-likeness (QED) is 0.547. The number of nitrogens with zero attached hydrogens (tertiary/aromatic N) is 1. The number of thiocarbonyl (C=S) groups is 1. The zero-order chi connectivity index (χ0) is 6.53. The van der Waals surface area contributed by atoms with Gasteiger partial charge in [0.2, 0.25) is 0 Å². The van der Waals surface area contributed by atoms with Crippen molar-refractivity contribution in [2.75, 3.05) is 0 Å². The van der Waals surface area contributed by atoms with Crippen LogP contribution in [0.4, 0.5) is 0 Å². The Hall–Kier alpha value is -0.960. The summed E-state index contributed by atoms with van der Waals surface area (Å²) in [6.45, 7) is 0. The lowest BCUT2D eigenvalue weighted by atomic mass is 10.4. The molecule has 0 atom stereocenters. The van der Waals surface area contributed by atoms with Crippen LogP contribution in [0.3, 0.4) is 0 Å². The Labute approximate surface area is 59.0 Å². The Morgan fingerprint density at radius 3 is 3.22 bits per heavy atom.